The van der Waals surface area contributed by atoms with E-state index in [1.165, 1.54) is 0 Å². The van der Waals surface area contributed by atoms with Crippen molar-refractivity contribution in [2.75, 3.05) is 26.4 Å². The van der Waals surface area contributed by atoms with Gasteiger partial charge in [-0.25, -0.2) is 0 Å². The second-order valence-electron chi connectivity index (χ2n) is 6.48. The second kappa shape index (κ2) is 9.26. The van der Waals surface area contributed by atoms with Crippen LogP contribution in [0.25, 0.3) is 0 Å². The van der Waals surface area contributed by atoms with Gasteiger partial charge in [-0.1, -0.05) is 13.0 Å². The minimum Gasteiger partial charge on any atom is -0.486 e. The van der Waals surface area contributed by atoms with Crippen LogP contribution in [-0.2, 0) is 11.3 Å². The van der Waals surface area contributed by atoms with Gasteiger partial charge in [0.15, 0.2) is 23.9 Å². The number of carbonyl (C=O) groups excluding carboxylic acids is 2. The summed E-state index contributed by atoms with van der Waals surface area (Å²) in [5.74, 6) is 1.99. The monoisotopic (exact) mass is 383 g/mol. The molecule has 0 atom stereocenters. The summed E-state index contributed by atoms with van der Waals surface area (Å²) in [5, 5.41) is 0. The summed E-state index contributed by atoms with van der Waals surface area (Å²) in [4.78, 5) is 25.9. The van der Waals surface area contributed by atoms with Crippen molar-refractivity contribution in [2.24, 2.45) is 0 Å². The van der Waals surface area contributed by atoms with Gasteiger partial charge in [-0.05, 0) is 48.9 Å². The zero-order valence-corrected chi connectivity index (χ0v) is 16.3. The number of carbonyl (C=O) groups is 2. The fourth-order valence-corrected chi connectivity index (χ4v) is 2.96. The topological polar surface area (TPSA) is 65.1 Å². The van der Waals surface area contributed by atoms with E-state index < -0.39 is 0 Å². The molecule has 3 rings (SSSR count). The van der Waals surface area contributed by atoms with Crippen LogP contribution in [0.15, 0.2) is 42.5 Å². The SMILES string of the molecule is CCC(=O)c1ccc(OCC(=O)N(CC)Cc2ccc3c(c2)OCCO3)cc1. The van der Waals surface area contributed by atoms with Crippen LogP contribution >= 0.6 is 0 Å². The Bertz CT molecular complexity index is 831. The number of rotatable bonds is 8. The zero-order valence-electron chi connectivity index (χ0n) is 16.3. The van der Waals surface area contributed by atoms with Crippen molar-refractivity contribution in [2.45, 2.75) is 26.8 Å². The van der Waals surface area contributed by atoms with Gasteiger partial charge in [-0.2, -0.15) is 0 Å². The molecule has 2 aromatic carbocycles. The molecule has 1 heterocycles. The Balaban J connectivity index is 1.57. The Morgan fingerprint density at radius 2 is 1.71 bits per heavy atom. The molecule has 2 aromatic rings. The van der Waals surface area contributed by atoms with Crippen LogP contribution in [0.3, 0.4) is 0 Å². The van der Waals surface area contributed by atoms with E-state index in [2.05, 4.69) is 0 Å². The van der Waals surface area contributed by atoms with Crippen LogP contribution in [0.5, 0.6) is 17.2 Å². The summed E-state index contributed by atoms with van der Waals surface area (Å²) in [6.45, 7) is 5.83. The van der Waals surface area contributed by atoms with Gasteiger partial charge >= 0.3 is 0 Å². The summed E-state index contributed by atoms with van der Waals surface area (Å²) in [6, 6.07) is 12.6. The zero-order chi connectivity index (χ0) is 19.9. The molecule has 0 saturated heterocycles. The van der Waals surface area contributed by atoms with Crippen molar-refractivity contribution < 1.29 is 23.8 Å². The van der Waals surface area contributed by atoms with E-state index in [1.807, 2.05) is 32.0 Å². The first kappa shape index (κ1) is 19.7. The molecule has 148 valence electrons. The summed E-state index contributed by atoms with van der Waals surface area (Å²) < 4.78 is 16.7. The van der Waals surface area contributed by atoms with Gasteiger partial charge in [0.2, 0.25) is 0 Å². The maximum absolute atomic E-state index is 12.6. The van der Waals surface area contributed by atoms with Crippen molar-refractivity contribution in [1.29, 1.82) is 0 Å². The van der Waals surface area contributed by atoms with Crippen molar-refractivity contribution in [3.8, 4) is 17.2 Å². The number of Topliss-reactive ketones (excluding diaryl/α,β-unsaturated/α-hetero) is 1. The molecule has 0 N–H and O–H groups in total. The highest BCUT2D eigenvalue weighted by Crippen LogP contribution is 2.31. The van der Waals surface area contributed by atoms with Gasteiger partial charge in [0.25, 0.3) is 5.91 Å². The Kier molecular flexibility index (Phi) is 6.53. The largest absolute Gasteiger partial charge is 0.486 e. The van der Waals surface area contributed by atoms with Crippen molar-refractivity contribution in [3.05, 3.63) is 53.6 Å². The highest BCUT2D eigenvalue weighted by molar-refractivity contribution is 5.95. The number of hydrogen-bond acceptors (Lipinski definition) is 5. The molecule has 28 heavy (non-hydrogen) atoms. The lowest BCUT2D eigenvalue weighted by atomic mass is 10.1. The third-order valence-corrected chi connectivity index (χ3v) is 4.57. The van der Waals surface area contributed by atoms with Crippen molar-refractivity contribution in [3.63, 3.8) is 0 Å². The van der Waals surface area contributed by atoms with Crippen LogP contribution in [0, 0.1) is 0 Å². The van der Waals surface area contributed by atoms with Gasteiger partial charge in [-0.3, -0.25) is 9.59 Å². The first-order chi connectivity index (χ1) is 13.6. The predicted molar refractivity (Wildman–Crippen MR) is 105 cm³/mol. The number of nitrogens with zero attached hydrogens (tertiary/aromatic N) is 1. The van der Waals surface area contributed by atoms with Crippen LogP contribution in [0.4, 0.5) is 0 Å². The molecule has 0 aliphatic carbocycles. The van der Waals surface area contributed by atoms with E-state index in [-0.39, 0.29) is 18.3 Å². The number of likely N-dealkylation sites (N-methyl/N-ethyl adjacent to an activating group) is 1. The Morgan fingerprint density at radius 3 is 2.39 bits per heavy atom. The van der Waals surface area contributed by atoms with Gasteiger partial charge < -0.3 is 19.1 Å². The van der Waals surface area contributed by atoms with Crippen LogP contribution in [-0.4, -0.2) is 43.0 Å². The number of ether oxygens (including phenoxy) is 3. The second-order valence-corrected chi connectivity index (χ2v) is 6.48. The van der Waals surface area contributed by atoms with Gasteiger partial charge in [-0.15, -0.1) is 0 Å². The molecule has 0 radical (unpaired) electrons. The summed E-state index contributed by atoms with van der Waals surface area (Å²) >= 11 is 0. The molecule has 0 fully saturated rings. The molecule has 1 aliphatic heterocycles. The molecule has 0 spiro atoms. The number of ketones is 1. The standard InChI is InChI=1S/C22H25NO5/c1-3-19(24)17-6-8-18(9-7-17)28-15-22(25)23(4-2)14-16-5-10-20-21(13-16)27-12-11-26-20/h5-10,13H,3-4,11-12,14-15H2,1-2H3. The highest BCUT2D eigenvalue weighted by atomic mass is 16.6. The maximum Gasteiger partial charge on any atom is 0.260 e. The van der Waals surface area contributed by atoms with Crippen molar-refractivity contribution in [1.82, 2.24) is 4.90 Å². The Labute approximate surface area is 165 Å². The van der Waals surface area contributed by atoms with E-state index in [9.17, 15) is 9.59 Å². The van der Waals surface area contributed by atoms with Crippen molar-refractivity contribution >= 4 is 11.7 Å². The van der Waals surface area contributed by atoms with E-state index >= 15 is 0 Å². The van der Waals surface area contributed by atoms with E-state index in [4.69, 9.17) is 14.2 Å². The third-order valence-electron chi connectivity index (χ3n) is 4.57. The molecule has 0 aromatic heterocycles. The van der Waals surface area contributed by atoms with E-state index in [0.29, 0.717) is 49.8 Å². The Hall–Kier alpha value is -3.02. The minimum atomic E-state index is -0.105. The van der Waals surface area contributed by atoms with Gasteiger partial charge in [0, 0.05) is 25.1 Å². The highest BCUT2D eigenvalue weighted by Gasteiger charge is 2.16. The molecule has 0 bridgehead atoms. The van der Waals surface area contributed by atoms with Gasteiger partial charge in [0.05, 0.1) is 0 Å². The lowest BCUT2D eigenvalue weighted by molar-refractivity contribution is -0.133. The van der Waals surface area contributed by atoms with Crippen LogP contribution in [0.1, 0.15) is 36.2 Å². The average molecular weight is 383 g/mol. The summed E-state index contributed by atoms with van der Waals surface area (Å²) in [5.41, 5.74) is 1.62. The average Bonchev–Trinajstić information content (AvgIpc) is 2.75. The predicted octanol–water partition coefficient (Wildman–Crippen LogP) is 3.48. The summed E-state index contributed by atoms with van der Waals surface area (Å²) in [6.07, 6.45) is 0.462. The first-order valence-corrected chi connectivity index (χ1v) is 9.53. The first-order valence-electron chi connectivity index (χ1n) is 9.53. The fraction of sp³-hybridized carbons (Fsp3) is 0.364. The molecule has 0 saturated carbocycles. The third kappa shape index (κ3) is 4.82. The Morgan fingerprint density at radius 1 is 1.00 bits per heavy atom. The number of amides is 1. The van der Waals surface area contributed by atoms with E-state index in [0.717, 1.165) is 11.3 Å². The number of hydrogen-bond donors (Lipinski definition) is 0. The molecular weight excluding hydrogens is 358 g/mol. The molecule has 6 nitrogen and oxygen atoms in total. The van der Waals surface area contributed by atoms with E-state index in [1.54, 1.807) is 29.2 Å². The fourth-order valence-electron chi connectivity index (χ4n) is 2.96. The minimum absolute atomic E-state index is 0.0561. The molecule has 1 aliphatic rings. The maximum atomic E-state index is 12.6. The van der Waals surface area contributed by atoms with Gasteiger partial charge in [0.1, 0.15) is 19.0 Å². The lowest BCUT2D eigenvalue weighted by Crippen LogP contribution is -2.34. The summed E-state index contributed by atoms with van der Waals surface area (Å²) in [7, 11) is 0. The lowest BCUT2D eigenvalue weighted by Gasteiger charge is -2.23. The van der Waals surface area contributed by atoms with Crippen LogP contribution in [0.2, 0.25) is 0 Å². The normalized spacial score (nSPS) is 12.4. The smallest absolute Gasteiger partial charge is 0.260 e. The molecule has 6 heteroatoms. The molecule has 0 unspecified atom stereocenters. The quantitative estimate of drug-likeness (QED) is 0.653. The van der Waals surface area contributed by atoms with Crippen LogP contribution < -0.4 is 14.2 Å². The molecular formula is C22H25NO5. The number of fused-ring (bicyclic) bond motifs is 1. The number of benzene rings is 2. The molecule has 1 amide bonds.